The fourth-order valence-electron chi connectivity index (χ4n) is 2.53. The van der Waals surface area contributed by atoms with E-state index in [0.717, 1.165) is 13.1 Å². The van der Waals surface area contributed by atoms with Crippen molar-refractivity contribution in [3.05, 3.63) is 35.9 Å². The molecule has 3 atom stereocenters. The number of nitrogens with two attached hydrogens (primary N) is 1. The van der Waals surface area contributed by atoms with Crippen molar-refractivity contribution in [2.75, 3.05) is 6.54 Å². The van der Waals surface area contributed by atoms with E-state index in [0.29, 0.717) is 18.0 Å². The average molecular weight is 218 g/mol. The van der Waals surface area contributed by atoms with Gasteiger partial charge < -0.3 is 5.73 Å². The van der Waals surface area contributed by atoms with Crippen molar-refractivity contribution in [3.8, 4) is 0 Å². The average Bonchev–Trinajstić information content (AvgIpc) is 2.27. The van der Waals surface area contributed by atoms with E-state index in [4.69, 9.17) is 5.73 Å². The van der Waals surface area contributed by atoms with Gasteiger partial charge in [0, 0.05) is 25.2 Å². The minimum absolute atomic E-state index is 0.333. The number of likely N-dealkylation sites (tertiary alicyclic amines) is 1. The van der Waals surface area contributed by atoms with Crippen molar-refractivity contribution in [2.45, 2.75) is 38.9 Å². The Bertz CT molecular complexity index is 323. The molecule has 1 aliphatic rings. The van der Waals surface area contributed by atoms with E-state index in [2.05, 4.69) is 49.1 Å². The van der Waals surface area contributed by atoms with E-state index < -0.39 is 0 Å². The molecule has 1 aromatic carbocycles. The Morgan fingerprint density at radius 2 is 1.94 bits per heavy atom. The first-order chi connectivity index (χ1) is 7.66. The van der Waals surface area contributed by atoms with E-state index in [9.17, 15) is 0 Å². The van der Waals surface area contributed by atoms with Crippen molar-refractivity contribution in [3.63, 3.8) is 0 Å². The lowest BCUT2D eigenvalue weighted by molar-refractivity contribution is 0.104. The maximum atomic E-state index is 6.14. The highest BCUT2D eigenvalue weighted by atomic mass is 15.2. The quantitative estimate of drug-likeness (QED) is 0.825. The largest absolute Gasteiger partial charge is 0.326 e. The summed E-state index contributed by atoms with van der Waals surface area (Å²) in [6, 6.07) is 11.6. The fourth-order valence-corrected chi connectivity index (χ4v) is 2.53. The van der Waals surface area contributed by atoms with Crippen LogP contribution in [0.1, 0.15) is 25.8 Å². The molecule has 0 radical (unpaired) electrons. The summed E-state index contributed by atoms with van der Waals surface area (Å²) in [5.41, 5.74) is 7.53. The molecule has 2 N–H and O–H groups in total. The summed E-state index contributed by atoms with van der Waals surface area (Å²) in [5, 5.41) is 0. The molecule has 1 heterocycles. The number of rotatable bonds is 2. The Balaban J connectivity index is 2.00. The first kappa shape index (κ1) is 11.6. The highest BCUT2D eigenvalue weighted by Gasteiger charge is 2.28. The van der Waals surface area contributed by atoms with Crippen LogP contribution in [0, 0.1) is 5.92 Å². The van der Waals surface area contributed by atoms with Gasteiger partial charge in [-0.2, -0.15) is 0 Å². The molecule has 1 aromatic rings. The molecule has 1 saturated heterocycles. The van der Waals surface area contributed by atoms with Crippen LogP contribution < -0.4 is 5.73 Å². The number of benzene rings is 1. The Labute approximate surface area is 98.4 Å². The molecule has 2 heteroatoms. The standard InChI is InChI=1S/C14H22N2/c1-11-8-12(2)16(10-14(11)15)9-13-6-4-3-5-7-13/h3-7,11-12,14H,8-10,15H2,1-2H3/t11-,12-,14-/m1/s1. The lowest BCUT2D eigenvalue weighted by Gasteiger charge is -2.40. The van der Waals surface area contributed by atoms with Crippen LogP contribution in [0.4, 0.5) is 0 Å². The zero-order chi connectivity index (χ0) is 11.5. The molecule has 0 aromatic heterocycles. The summed E-state index contributed by atoms with van der Waals surface area (Å²) in [5.74, 6) is 0.655. The number of hydrogen-bond donors (Lipinski definition) is 1. The van der Waals surface area contributed by atoms with Gasteiger partial charge in [0.1, 0.15) is 0 Å². The SMILES string of the molecule is C[C@@H]1C[C@@H](C)N(Cc2ccccc2)C[C@H]1N. The van der Waals surface area contributed by atoms with Crippen LogP contribution in [0.15, 0.2) is 30.3 Å². The predicted molar refractivity (Wildman–Crippen MR) is 68.1 cm³/mol. The van der Waals surface area contributed by atoms with Crippen LogP contribution in [-0.2, 0) is 6.54 Å². The van der Waals surface area contributed by atoms with Gasteiger partial charge in [-0.3, -0.25) is 4.90 Å². The van der Waals surface area contributed by atoms with Crippen LogP contribution in [0.2, 0.25) is 0 Å². The van der Waals surface area contributed by atoms with Crippen molar-refractivity contribution in [1.29, 1.82) is 0 Å². The zero-order valence-electron chi connectivity index (χ0n) is 10.3. The Hall–Kier alpha value is -0.860. The summed E-state index contributed by atoms with van der Waals surface area (Å²) >= 11 is 0. The predicted octanol–water partition coefficient (Wildman–Crippen LogP) is 2.24. The third-order valence-corrected chi connectivity index (χ3v) is 3.74. The number of piperidine rings is 1. The smallest absolute Gasteiger partial charge is 0.0237 e. The second-order valence-corrected chi connectivity index (χ2v) is 5.14. The highest BCUT2D eigenvalue weighted by molar-refractivity contribution is 5.14. The zero-order valence-corrected chi connectivity index (χ0v) is 10.3. The lowest BCUT2D eigenvalue weighted by Crippen LogP contribution is -2.51. The molecular formula is C14H22N2. The third-order valence-electron chi connectivity index (χ3n) is 3.74. The molecule has 2 nitrogen and oxygen atoms in total. The molecule has 16 heavy (non-hydrogen) atoms. The molecule has 0 amide bonds. The molecular weight excluding hydrogens is 196 g/mol. The van der Waals surface area contributed by atoms with Gasteiger partial charge in [-0.15, -0.1) is 0 Å². The minimum Gasteiger partial charge on any atom is -0.326 e. The van der Waals surface area contributed by atoms with Gasteiger partial charge in [-0.1, -0.05) is 37.3 Å². The van der Waals surface area contributed by atoms with Gasteiger partial charge >= 0.3 is 0 Å². The van der Waals surface area contributed by atoms with Crippen molar-refractivity contribution in [2.24, 2.45) is 11.7 Å². The molecule has 2 rings (SSSR count). The van der Waals surface area contributed by atoms with Crippen molar-refractivity contribution in [1.82, 2.24) is 4.90 Å². The van der Waals surface area contributed by atoms with Crippen LogP contribution in [0.3, 0.4) is 0 Å². The van der Waals surface area contributed by atoms with E-state index in [1.54, 1.807) is 0 Å². The summed E-state index contributed by atoms with van der Waals surface area (Å²) in [6.45, 7) is 6.63. The fraction of sp³-hybridized carbons (Fsp3) is 0.571. The topological polar surface area (TPSA) is 29.3 Å². The minimum atomic E-state index is 0.333. The highest BCUT2D eigenvalue weighted by Crippen LogP contribution is 2.23. The molecule has 1 fully saturated rings. The molecule has 0 bridgehead atoms. The normalized spacial score (nSPS) is 31.6. The second kappa shape index (κ2) is 4.98. The monoisotopic (exact) mass is 218 g/mol. The summed E-state index contributed by atoms with van der Waals surface area (Å²) in [6.07, 6.45) is 1.22. The van der Waals surface area contributed by atoms with Crippen LogP contribution in [0.5, 0.6) is 0 Å². The van der Waals surface area contributed by atoms with Crippen LogP contribution in [-0.4, -0.2) is 23.5 Å². The van der Waals surface area contributed by atoms with Gasteiger partial charge in [0.15, 0.2) is 0 Å². The lowest BCUT2D eigenvalue weighted by atomic mass is 9.89. The van der Waals surface area contributed by atoms with Gasteiger partial charge in [-0.25, -0.2) is 0 Å². The van der Waals surface area contributed by atoms with E-state index >= 15 is 0 Å². The summed E-state index contributed by atoms with van der Waals surface area (Å²) < 4.78 is 0. The maximum Gasteiger partial charge on any atom is 0.0237 e. The van der Waals surface area contributed by atoms with Crippen LogP contribution in [0.25, 0.3) is 0 Å². The molecule has 1 aliphatic heterocycles. The maximum absolute atomic E-state index is 6.14. The third kappa shape index (κ3) is 2.63. The van der Waals surface area contributed by atoms with Crippen LogP contribution >= 0.6 is 0 Å². The summed E-state index contributed by atoms with van der Waals surface area (Å²) in [7, 11) is 0. The van der Waals surface area contributed by atoms with E-state index in [1.807, 2.05) is 0 Å². The van der Waals surface area contributed by atoms with Crippen molar-refractivity contribution < 1.29 is 0 Å². The number of nitrogens with zero attached hydrogens (tertiary/aromatic N) is 1. The van der Waals surface area contributed by atoms with E-state index in [-0.39, 0.29) is 0 Å². The Morgan fingerprint density at radius 1 is 1.25 bits per heavy atom. The van der Waals surface area contributed by atoms with Crippen molar-refractivity contribution >= 4 is 0 Å². The molecule has 0 unspecified atom stereocenters. The van der Waals surface area contributed by atoms with E-state index in [1.165, 1.54) is 12.0 Å². The Kier molecular flexibility index (Phi) is 3.62. The summed E-state index contributed by atoms with van der Waals surface area (Å²) in [4.78, 5) is 2.50. The number of hydrogen-bond acceptors (Lipinski definition) is 2. The first-order valence-corrected chi connectivity index (χ1v) is 6.20. The first-order valence-electron chi connectivity index (χ1n) is 6.20. The van der Waals surface area contributed by atoms with Gasteiger partial charge in [-0.05, 0) is 24.8 Å². The van der Waals surface area contributed by atoms with Gasteiger partial charge in [0.25, 0.3) is 0 Å². The van der Waals surface area contributed by atoms with Gasteiger partial charge in [0.2, 0.25) is 0 Å². The van der Waals surface area contributed by atoms with Gasteiger partial charge in [0.05, 0.1) is 0 Å². The molecule has 0 aliphatic carbocycles. The molecule has 0 spiro atoms. The molecule has 88 valence electrons. The molecule has 0 saturated carbocycles. The Morgan fingerprint density at radius 3 is 2.62 bits per heavy atom. The second-order valence-electron chi connectivity index (χ2n) is 5.14.